The van der Waals surface area contributed by atoms with Crippen molar-refractivity contribution in [1.29, 1.82) is 0 Å². The molecule has 0 fully saturated rings. The maximum atomic E-state index is 10.7. The summed E-state index contributed by atoms with van der Waals surface area (Å²) in [6.07, 6.45) is 0. The van der Waals surface area contributed by atoms with Crippen molar-refractivity contribution in [1.82, 2.24) is 0 Å². The Labute approximate surface area is 458 Å². The highest BCUT2D eigenvalue weighted by atomic mass is 79.9. The lowest BCUT2D eigenvalue weighted by Crippen LogP contribution is -1.97. The Kier molecular flexibility index (Phi) is 16.4. The Balaban J connectivity index is 0.000000130. The zero-order valence-corrected chi connectivity index (χ0v) is 44.6. The molecule has 76 heavy (non-hydrogen) atoms. The van der Waals surface area contributed by atoms with Crippen LogP contribution >= 0.6 is 31.9 Å². The van der Waals surface area contributed by atoms with E-state index >= 15 is 0 Å². The fourth-order valence-electron chi connectivity index (χ4n) is 10.1. The van der Waals surface area contributed by atoms with Crippen LogP contribution in [0.15, 0.2) is 218 Å². The lowest BCUT2D eigenvalue weighted by Gasteiger charge is -2.13. The van der Waals surface area contributed by atoms with E-state index in [2.05, 4.69) is 190 Å². The molecule has 0 amide bonds. The first-order valence-corrected chi connectivity index (χ1v) is 27.2. The first kappa shape index (κ1) is 51.5. The van der Waals surface area contributed by atoms with Crippen molar-refractivity contribution in [3.63, 3.8) is 0 Å². The van der Waals surface area contributed by atoms with Crippen molar-refractivity contribution in [3.05, 3.63) is 252 Å². The largest absolute Gasteiger partial charge is 0.463 e. The number of ether oxygens (including phenoxy) is 2. The number of aliphatic hydroxyl groups excluding tert-OH is 2. The van der Waals surface area contributed by atoms with Crippen molar-refractivity contribution in [2.75, 3.05) is 0 Å². The van der Waals surface area contributed by atoms with Crippen LogP contribution < -0.4 is 0 Å². The zero-order chi connectivity index (χ0) is 52.4. The second kappa shape index (κ2) is 24.1. The fourth-order valence-corrected chi connectivity index (χ4v) is 11.0. The van der Waals surface area contributed by atoms with Crippen LogP contribution in [0.3, 0.4) is 0 Å². The minimum absolute atomic E-state index is 0.00415. The van der Waals surface area contributed by atoms with Crippen LogP contribution in [0.25, 0.3) is 98.0 Å². The van der Waals surface area contributed by atoms with E-state index < -0.39 is 0 Å². The van der Waals surface area contributed by atoms with Gasteiger partial charge < -0.3 is 19.7 Å². The van der Waals surface area contributed by atoms with Gasteiger partial charge in [-0.15, -0.1) is 0 Å². The van der Waals surface area contributed by atoms with E-state index in [-0.39, 0.29) is 26.4 Å². The highest BCUT2D eigenvalue weighted by molar-refractivity contribution is 9.08. The molecule has 0 atom stereocenters. The third-order valence-corrected chi connectivity index (χ3v) is 15.2. The van der Waals surface area contributed by atoms with Gasteiger partial charge in [0.15, 0.2) is 0 Å². The standard InChI is InChI=1S/C24H18O4.C22H16Br2.C22H18O2/c25-15-27-13-20-8-9-21(14-28-16-26)24-12-22-10-18(17-4-2-1-3-5-17)6-7-19(22)11-23(20)24;2*23-13-18-8-9-19(14-24)22-12-20-10-16(15-4-2-1-3-5-15)6-7-17(20)11-21(18)22/h1-12,15-16H,13-14H2;1-12H,13-14H2;1-12,23-24H,13-14H2. The van der Waals surface area contributed by atoms with Crippen LogP contribution in [0.1, 0.15) is 33.4 Å². The summed E-state index contributed by atoms with van der Waals surface area (Å²) in [6.45, 7) is 1.27. The number of hydrogen-bond donors (Lipinski definition) is 2. The molecule has 0 aliphatic heterocycles. The monoisotopic (exact) mass is 1120 g/mol. The average Bonchev–Trinajstić information content (AvgIpc) is 3.54. The predicted molar refractivity (Wildman–Crippen MR) is 319 cm³/mol. The number of rotatable bonds is 13. The second-order valence-corrected chi connectivity index (χ2v) is 19.6. The minimum atomic E-state index is -0.00785. The quantitative estimate of drug-likeness (QED) is 0.0679. The zero-order valence-electron chi connectivity index (χ0n) is 41.5. The Morgan fingerprint density at radius 3 is 0.882 bits per heavy atom. The summed E-state index contributed by atoms with van der Waals surface area (Å²) >= 11 is 7.25. The van der Waals surface area contributed by atoms with E-state index in [1.165, 1.54) is 54.9 Å². The Hall–Kier alpha value is -7.98. The van der Waals surface area contributed by atoms with Gasteiger partial charge in [-0.05, 0) is 186 Å². The predicted octanol–water partition coefficient (Wildman–Crippen LogP) is 17.1. The number of carbonyl (C=O) groups is 2. The number of benzene rings is 12. The maximum Gasteiger partial charge on any atom is 0.293 e. The molecular formula is C68H52Br2O6. The SMILES string of the molecule is BrCc1ccc(CBr)c2cc3cc(-c4ccccc4)ccc3cc12.O=COCc1ccc(COC=O)c2cc3cc(-c4ccccc4)ccc3cc12.OCc1ccc(CO)c2cc3cc(-c4ccccc4)ccc3cc12. The Bertz CT molecular complexity index is 3860. The third-order valence-electron chi connectivity index (χ3n) is 14.0. The number of aliphatic hydroxyl groups is 2. The van der Waals surface area contributed by atoms with Crippen molar-refractivity contribution in [2.45, 2.75) is 37.1 Å². The second-order valence-electron chi connectivity index (χ2n) is 18.5. The molecule has 12 rings (SSSR count). The number of fused-ring (bicyclic) bond motifs is 6. The highest BCUT2D eigenvalue weighted by Gasteiger charge is 2.13. The molecule has 0 aliphatic rings. The summed E-state index contributed by atoms with van der Waals surface area (Å²) in [4.78, 5) is 21.3. The number of halogens is 2. The number of hydrogen-bond acceptors (Lipinski definition) is 6. The Morgan fingerprint density at radius 2 is 0.579 bits per heavy atom. The van der Waals surface area contributed by atoms with Crippen molar-refractivity contribution in [2.24, 2.45) is 0 Å². The van der Waals surface area contributed by atoms with Crippen LogP contribution in [0.5, 0.6) is 0 Å². The van der Waals surface area contributed by atoms with Crippen LogP contribution in [-0.4, -0.2) is 23.2 Å². The molecule has 0 saturated heterocycles. The molecule has 0 spiro atoms. The van der Waals surface area contributed by atoms with Gasteiger partial charge >= 0.3 is 0 Å². The third kappa shape index (κ3) is 11.2. The van der Waals surface area contributed by atoms with E-state index in [4.69, 9.17) is 9.47 Å². The maximum absolute atomic E-state index is 10.7. The summed E-state index contributed by atoms with van der Waals surface area (Å²) in [5.74, 6) is 0. The van der Waals surface area contributed by atoms with Crippen LogP contribution in [-0.2, 0) is 56.2 Å². The van der Waals surface area contributed by atoms with E-state index in [0.29, 0.717) is 12.9 Å². The first-order chi connectivity index (χ1) is 37.4. The molecule has 6 nitrogen and oxygen atoms in total. The number of alkyl halides is 2. The van der Waals surface area contributed by atoms with E-state index in [9.17, 15) is 19.8 Å². The van der Waals surface area contributed by atoms with Gasteiger partial charge in [-0.25, -0.2) is 0 Å². The molecule has 0 aromatic heterocycles. The molecule has 0 heterocycles. The molecule has 374 valence electrons. The van der Waals surface area contributed by atoms with Gasteiger partial charge in [0.25, 0.3) is 12.9 Å². The summed E-state index contributed by atoms with van der Waals surface area (Å²) < 4.78 is 9.96. The van der Waals surface area contributed by atoms with Crippen molar-refractivity contribution < 1.29 is 29.3 Å². The smallest absolute Gasteiger partial charge is 0.293 e. The molecule has 2 N–H and O–H groups in total. The van der Waals surface area contributed by atoms with Crippen molar-refractivity contribution >= 4 is 109 Å². The molecule has 0 aliphatic carbocycles. The summed E-state index contributed by atoms with van der Waals surface area (Å²) in [5, 5.41) is 34.6. The molecular weight excluding hydrogens is 1070 g/mol. The lowest BCUT2D eigenvalue weighted by atomic mass is 9.94. The summed E-state index contributed by atoms with van der Waals surface area (Å²) in [7, 11) is 0. The first-order valence-electron chi connectivity index (χ1n) is 25.0. The normalized spacial score (nSPS) is 11.1. The van der Waals surface area contributed by atoms with Crippen LogP contribution in [0, 0.1) is 0 Å². The van der Waals surface area contributed by atoms with Gasteiger partial charge in [-0.1, -0.05) is 196 Å². The van der Waals surface area contributed by atoms with Crippen LogP contribution in [0.4, 0.5) is 0 Å². The van der Waals surface area contributed by atoms with Gasteiger partial charge in [0.2, 0.25) is 0 Å². The molecule has 12 aromatic carbocycles. The molecule has 0 radical (unpaired) electrons. The molecule has 0 unspecified atom stereocenters. The number of carbonyl (C=O) groups excluding carboxylic acids is 2. The molecule has 8 heteroatoms. The van der Waals surface area contributed by atoms with Gasteiger partial charge in [-0.2, -0.15) is 0 Å². The average molecular weight is 1120 g/mol. The summed E-state index contributed by atoms with van der Waals surface area (Å²) in [5.41, 5.74) is 13.4. The summed E-state index contributed by atoms with van der Waals surface area (Å²) in [6, 6.07) is 75.7. The van der Waals surface area contributed by atoms with Crippen LogP contribution in [0.2, 0.25) is 0 Å². The molecule has 0 saturated carbocycles. The molecule has 0 bridgehead atoms. The molecule has 12 aromatic rings. The van der Waals surface area contributed by atoms with E-state index in [1.807, 2.05) is 60.7 Å². The Morgan fingerprint density at radius 1 is 0.303 bits per heavy atom. The lowest BCUT2D eigenvalue weighted by molar-refractivity contribution is -0.130. The topological polar surface area (TPSA) is 93.1 Å². The van der Waals surface area contributed by atoms with Gasteiger partial charge in [0.05, 0.1) is 13.2 Å². The van der Waals surface area contributed by atoms with E-state index in [0.717, 1.165) is 87.1 Å². The van der Waals surface area contributed by atoms with Gasteiger partial charge in [-0.3, -0.25) is 9.59 Å². The fraction of sp³-hybridized carbons (Fsp3) is 0.0882. The van der Waals surface area contributed by atoms with E-state index in [1.54, 1.807) is 0 Å². The van der Waals surface area contributed by atoms with Gasteiger partial charge in [0, 0.05) is 10.7 Å². The highest BCUT2D eigenvalue weighted by Crippen LogP contribution is 2.36. The van der Waals surface area contributed by atoms with Crippen molar-refractivity contribution in [3.8, 4) is 33.4 Å². The van der Waals surface area contributed by atoms with Gasteiger partial charge in [0.1, 0.15) is 13.2 Å². The minimum Gasteiger partial charge on any atom is -0.463 e.